The van der Waals surface area contributed by atoms with Gasteiger partial charge in [0.25, 0.3) is 0 Å². The maximum Gasteiger partial charge on any atom is 0.337 e. The van der Waals surface area contributed by atoms with Gasteiger partial charge in [-0.3, -0.25) is 0 Å². The molecule has 6 heteroatoms. The van der Waals surface area contributed by atoms with E-state index in [1.807, 2.05) is 6.92 Å². The first-order valence-corrected chi connectivity index (χ1v) is 7.01. The average Bonchev–Trinajstić information content (AvgIpc) is 3.22. The number of carbonyl (C=O) groups is 2. The zero-order valence-corrected chi connectivity index (χ0v) is 12.0. The van der Waals surface area contributed by atoms with Crippen LogP contribution in [0.5, 0.6) is 0 Å². The highest BCUT2D eigenvalue weighted by Gasteiger charge is 2.31. The molecular weight excluding hydrogens is 280 g/mol. The number of carbonyl (C=O) groups excluding carboxylic acids is 1. The van der Waals surface area contributed by atoms with Gasteiger partial charge < -0.3 is 15.3 Å². The number of anilines is 1. The fraction of sp³-hybridized carbons (Fsp3) is 0.429. The van der Waals surface area contributed by atoms with Gasteiger partial charge in [0, 0.05) is 18.3 Å². The van der Waals surface area contributed by atoms with E-state index in [9.17, 15) is 9.59 Å². The Balaban J connectivity index is 2.10. The number of carboxylic acids is 1. The van der Waals surface area contributed by atoms with Crippen molar-refractivity contribution in [3.05, 3.63) is 28.8 Å². The Hall–Kier alpha value is -1.75. The largest absolute Gasteiger partial charge is 0.478 e. The average molecular weight is 297 g/mol. The summed E-state index contributed by atoms with van der Waals surface area (Å²) in [6.07, 6.45) is 2.97. The third-order valence-electron chi connectivity index (χ3n) is 3.16. The van der Waals surface area contributed by atoms with Gasteiger partial charge in [-0.05, 0) is 37.5 Å². The summed E-state index contributed by atoms with van der Waals surface area (Å²) in [5.74, 6) is -1.11. The van der Waals surface area contributed by atoms with Gasteiger partial charge in [0.05, 0.1) is 10.6 Å². The SMILES string of the molecule is CCCN(C(=O)Nc1ccc(Cl)c(C(=O)O)c1)C1CC1. The van der Waals surface area contributed by atoms with Crippen LogP contribution in [0.15, 0.2) is 18.2 Å². The lowest BCUT2D eigenvalue weighted by atomic mass is 10.2. The molecule has 1 aliphatic rings. The molecule has 20 heavy (non-hydrogen) atoms. The zero-order valence-electron chi connectivity index (χ0n) is 11.2. The highest BCUT2D eigenvalue weighted by atomic mass is 35.5. The summed E-state index contributed by atoms with van der Waals surface area (Å²) in [6, 6.07) is 4.58. The number of carboxylic acid groups (broad SMARTS) is 1. The number of hydrogen-bond donors (Lipinski definition) is 2. The van der Waals surface area contributed by atoms with Crippen molar-refractivity contribution < 1.29 is 14.7 Å². The second-order valence-electron chi connectivity index (χ2n) is 4.85. The van der Waals surface area contributed by atoms with E-state index < -0.39 is 5.97 Å². The molecule has 0 unspecified atom stereocenters. The standard InChI is InChI=1S/C14H17ClN2O3/c1-2-7-17(10-4-5-10)14(20)16-9-3-6-12(15)11(8-9)13(18)19/h3,6,8,10H,2,4-5,7H2,1H3,(H,16,20)(H,18,19). The Kier molecular flexibility index (Phi) is 4.49. The smallest absolute Gasteiger partial charge is 0.337 e. The van der Waals surface area contributed by atoms with Gasteiger partial charge in [-0.1, -0.05) is 18.5 Å². The Morgan fingerprint density at radius 2 is 2.15 bits per heavy atom. The van der Waals surface area contributed by atoms with Crippen LogP contribution in [0.4, 0.5) is 10.5 Å². The molecule has 1 saturated carbocycles. The third-order valence-corrected chi connectivity index (χ3v) is 3.49. The predicted octanol–water partition coefficient (Wildman–Crippen LogP) is 3.44. The zero-order chi connectivity index (χ0) is 14.7. The number of nitrogens with zero attached hydrogens (tertiary/aromatic N) is 1. The molecule has 0 bridgehead atoms. The third kappa shape index (κ3) is 3.42. The van der Waals surface area contributed by atoms with Crippen LogP contribution >= 0.6 is 11.6 Å². The van der Waals surface area contributed by atoms with Crippen LogP contribution in [-0.4, -0.2) is 34.6 Å². The van der Waals surface area contributed by atoms with Crippen molar-refractivity contribution in [2.75, 3.05) is 11.9 Å². The van der Waals surface area contributed by atoms with E-state index in [1.165, 1.54) is 12.1 Å². The molecular formula is C14H17ClN2O3. The molecule has 0 atom stereocenters. The van der Waals surface area contributed by atoms with Crippen molar-refractivity contribution in [1.29, 1.82) is 0 Å². The van der Waals surface area contributed by atoms with E-state index >= 15 is 0 Å². The number of aromatic carboxylic acids is 1. The lowest BCUT2D eigenvalue weighted by molar-refractivity contribution is 0.0697. The number of urea groups is 1. The molecule has 1 aliphatic carbocycles. The minimum atomic E-state index is -1.11. The van der Waals surface area contributed by atoms with E-state index in [2.05, 4.69) is 5.32 Å². The van der Waals surface area contributed by atoms with Crippen molar-refractivity contribution in [2.24, 2.45) is 0 Å². The normalized spacial score (nSPS) is 13.9. The van der Waals surface area contributed by atoms with Gasteiger partial charge >= 0.3 is 12.0 Å². The minimum absolute atomic E-state index is 0.0158. The van der Waals surface area contributed by atoms with Crippen LogP contribution in [0.3, 0.4) is 0 Å². The topological polar surface area (TPSA) is 69.6 Å². The summed E-state index contributed by atoms with van der Waals surface area (Å²) >= 11 is 5.80. The van der Waals surface area contributed by atoms with Gasteiger partial charge in [0.15, 0.2) is 0 Å². The lowest BCUT2D eigenvalue weighted by Crippen LogP contribution is -2.37. The van der Waals surface area contributed by atoms with E-state index in [-0.39, 0.29) is 16.6 Å². The fourth-order valence-electron chi connectivity index (χ4n) is 2.04. The summed E-state index contributed by atoms with van der Waals surface area (Å²) in [5.41, 5.74) is 0.427. The molecule has 108 valence electrons. The Labute approximate surface area is 122 Å². The molecule has 0 radical (unpaired) electrons. The molecule has 0 heterocycles. The maximum atomic E-state index is 12.2. The molecule has 1 fully saturated rings. The molecule has 5 nitrogen and oxygen atoms in total. The number of nitrogens with one attached hydrogen (secondary N) is 1. The minimum Gasteiger partial charge on any atom is -0.478 e. The first kappa shape index (κ1) is 14.7. The van der Waals surface area contributed by atoms with Gasteiger partial charge in [0.1, 0.15) is 0 Å². The highest BCUT2D eigenvalue weighted by Crippen LogP contribution is 2.28. The number of rotatable bonds is 5. The summed E-state index contributed by atoms with van der Waals surface area (Å²) < 4.78 is 0. The Bertz CT molecular complexity index is 529. The molecule has 2 N–H and O–H groups in total. The van der Waals surface area contributed by atoms with E-state index in [1.54, 1.807) is 11.0 Å². The van der Waals surface area contributed by atoms with Crippen molar-refractivity contribution in [3.8, 4) is 0 Å². The molecule has 2 rings (SSSR count). The van der Waals surface area contributed by atoms with E-state index in [0.717, 1.165) is 19.3 Å². The molecule has 1 aromatic carbocycles. The van der Waals surface area contributed by atoms with Gasteiger partial charge in [-0.2, -0.15) is 0 Å². The highest BCUT2D eigenvalue weighted by molar-refractivity contribution is 6.33. The van der Waals surface area contributed by atoms with Crippen LogP contribution in [0.2, 0.25) is 5.02 Å². The molecule has 1 aromatic rings. The number of hydrogen-bond acceptors (Lipinski definition) is 2. The summed E-state index contributed by atoms with van der Waals surface area (Å²) in [4.78, 5) is 25.0. The predicted molar refractivity (Wildman–Crippen MR) is 77.4 cm³/mol. The van der Waals surface area contributed by atoms with Crippen LogP contribution in [0.25, 0.3) is 0 Å². The monoisotopic (exact) mass is 296 g/mol. The molecule has 0 saturated heterocycles. The first-order chi connectivity index (χ1) is 9.52. The van der Waals surface area contributed by atoms with Crippen molar-refractivity contribution in [1.82, 2.24) is 4.90 Å². The quantitative estimate of drug-likeness (QED) is 0.874. The Morgan fingerprint density at radius 1 is 1.45 bits per heavy atom. The van der Waals surface area contributed by atoms with Crippen LogP contribution in [-0.2, 0) is 0 Å². The van der Waals surface area contributed by atoms with Crippen molar-refractivity contribution in [2.45, 2.75) is 32.2 Å². The Morgan fingerprint density at radius 3 is 2.70 bits per heavy atom. The van der Waals surface area contributed by atoms with E-state index in [4.69, 9.17) is 16.7 Å². The van der Waals surface area contributed by atoms with Crippen LogP contribution < -0.4 is 5.32 Å². The van der Waals surface area contributed by atoms with E-state index in [0.29, 0.717) is 18.3 Å². The maximum absolute atomic E-state index is 12.2. The molecule has 2 amide bonds. The number of amides is 2. The van der Waals surface area contributed by atoms with Gasteiger partial charge in [-0.15, -0.1) is 0 Å². The number of benzene rings is 1. The number of halogens is 1. The summed E-state index contributed by atoms with van der Waals surface area (Å²) in [7, 11) is 0. The summed E-state index contributed by atoms with van der Waals surface area (Å²) in [5, 5.41) is 11.9. The lowest BCUT2D eigenvalue weighted by Gasteiger charge is -2.22. The first-order valence-electron chi connectivity index (χ1n) is 6.63. The summed E-state index contributed by atoms with van der Waals surface area (Å²) in [6.45, 7) is 2.73. The fourth-order valence-corrected chi connectivity index (χ4v) is 2.24. The molecule has 0 aliphatic heterocycles. The van der Waals surface area contributed by atoms with Crippen LogP contribution in [0, 0.1) is 0 Å². The second-order valence-corrected chi connectivity index (χ2v) is 5.26. The van der Waals surface area contributed by atoms with Gasteiger partial charge in [0.2, 0.25) is 0 Å². The van der Waals surface area contributed by atoms with Crippen LogP contribution in [0.1, 0.15) is 36.5 Å². The van der Waals surface area contributed by atoms with Gasteiger partial charge in [-0.25, -0.2) is 9.59 Å². The molecule has 0 aromatic heterocycles. The molecule has 0 spiro atoms. The van der Waals surface area contributed by atoms with Crippen molar-refractivity contribution >= 4 is 29.3 Å². The van der Waals surface area contributed by atoms with Crippen molar-refractivity contribution in [3.63, 3.8) is 0 Å². The second kappa shape index (κ2) is 6.13.